The summed E-state index contributed by atoms with van der Waals surface area (Å²) >= 11 is 0. The molecule has 11 nitrogen and oxygen atoms in total. The van der Waals surface area contributed by atoms with E-state index in [1.54, 1.807) is 9.80 Å². The van der Waals surface area contributed by atoms with E-state index < -0.39 is 17.9 Å². The van der Waals surface area contributed by atoms with Crippen LogP contribution >= 0.6 is 0 Å². The highest BCUT2D eigenvalue weighted by Gasteiger charge is 2.19. The number of carbonyl (C=O) groups is 4. The van der Waals surface area contributed by atoms with Gasteiger partial charge in [-0.05, 0) is 25.8 Å². The Morgan fingerprint density at radius 3 is 1.16 bits per heavy atom. The predicted molar refractivity (Wildman–Crippen MR) is 118 cm³/mol. The van der Waals surface area contributed by atoms with Crippen molar-refractivity contribution < 1.29 is 34.5 Å². The molecule has 1 aliphatic rings. The number of rotatable bonds is 10. The third kappa shape index (κ3) is 13.4. The summed E-state index contributed by atoms with van der Waals surface area (Å²) in [5, 5.41) is 27.6. The first-order valence-corrected chi connectivity index (χ1v) is 11.3. The van der Waals surface area contributed by atoms with Crippen LogP contribution in [0.3, 0.4) is 0 Å². The van der Waals surface area contributed by atoms with Crippen molar-refractivity contribution >= 4 is 23.7 Å². The van der Waals surface area contributed by atoms with Crippen molar-refractivity contribution in [3.8, 4) is 0 Å². The van der Waals surface area contributed by atoms with Crippen molar-refractivity contribution in [1.82, 2.24) is 19.6 Å². The van der Waals surface area contributed by atoms with Gasteiger partial charge in [0.2, 0.25) is 0 Å². The molecular weight excluding hydrogens is 420 g/mol. The summed E-state index contributed by atoms with van der Waals surface area (Å²) in [5.41, 5.74) is 0. The van der Waals surface area contributed by atoms with Gasteiger partial charge >= 0.3 is 17.9 Å². The lowest BCUT2D eigenvalue weighted by Crippen LogP contribution is -2.44. The molecule has 3 N–H and O–H groups in total. The van der Waals surface area contributed by atoms with E-state index in [0.29, 0.717) is 78.2 Å². The Bertz CT molecular complexity index is 617. The van der Waals surface area contributed by atoms with E-state index in [1.165, 1.54) is 0 Å². The van der Waals surface area contributed by atoms with Gasteiger partial charge in [0.25, 0.3) is 0 Å². The molecule has 0 spiro atoms. The topological polar surface area (TPSA) is 142 Å². The Hall–Kier alpha value is -2.08. The Kier molecular flexibility index (Phi) is 13.7. The van der Waals surface area contributed by atoms with Crippen LogP contribution in [-0.4, -0.2) is 137 Å². The first-order valence-electron chi connectivity index (χ1n) is 11.3. The summed E-state index contributed by atoms with van der Waals surface area (Å²) in [6, 6.07) is 0. The average Bonchev–Trinajstić information content (AvgIpc) is 2.67. The summed E-state index contributed by atoms with van der Waals surface area (Å²) in [6.07, 6.45) is 2.52. The molecule has 1 rings (SSSR count). The number of hydrogen-bond donors (Lipinski definition) is 3. The van der Waals surface area contributed by atoms with Gasteiger partial charge in [-0.2, -0.15) is 0 Å². The van der Waals surface area contributed by atoms with E-state index in [-0.39, 0.29) is 25.4 Å². The minimum atomic E-state index is -0.953. The second-order valence-corrected chi connectivity index (χ2v) is 8.28. The lowest BCUT2D eigenvalue weighted by molar-refractivity contribution is -0.140. The zero-order valence-corrected chi connectivity index (χ0v) is 19.1. The molecule has 11 heteroatoms. The highest BCUT2D eigenvalue weighted by Crippen LogP contribution is 2.04. The molecule has 1 heterocycles. The molecule has 0 unspecified atom stereocenters. The maximum Gasteiger partial charge on any atom is 0.317 e. The fraction of sp³-hybridized carbons (Fsp3) is 0.810. The molecule has 0 bridgehead atoms. The van der Waals surface area contributed by atoms with Gasteiger partial charge in [-0.1, -0.05) is 6.92 Å². The number of ketones is 1. The van der Waals surface area contributed by atoms with Crippen LogP contribution in [0.5, 0.6) is 0 Å². The number of hydrogen-bond acceptors (Lipinski definition) is 8. The summed E-state index contributed by atoms with van der Waals surface area (Å²) in [7, 11) is 0. The van der Waals surface area contributed by atoms with E-state index in [2.05, 4.69) is 0 Å². The van der Waals surface area contributed by atoms with Crippen LogP contribution in [0.4, 0.5) is 0 Å². The lowest BCUT2D eigenvalue weighted by Gasteiger charge is -2.30. The van der Waals surface area contributed by atoms with Gasteiger partial charge in [0, 0.05) is 52.2 Å². The normalized spacial score (nSPS) is 19.3. The maximum absolute atomic E-state index is 12.2. The number of carboxylic acids is 3. The Labute approximate surface area is 189 Å². The lowest BCUT2D eigenvalue weighted by atomic mass is 10.2. The number of aliphatic carboxylic acids is 3. The first-order chi connectivity index (χ1) is 15.2. The molecule has 0 amide bonds. The van der Waals surface area contributed by atoms with Crippen molar-refractivity contribution in [2.75, 3.05) is 78.5 Å². The van der Waals surface area contributed by atoms with Gasteiger partial charge in [-0.3, -0.25) is 38.8 Å². The van der Waals surface area contributed by atoms with E-state index in [4.69, 9.17) is 0 Å². The SMILES string of the molecule is CCCC(=O)CN1CCCN(CC(=O)O)CCN(CC(=O)O)CCCN(CC(=O)O)CC1. The van der Waals surface area contributed by atoms with Gasteiger partial charge in [-0.15, -0.1) is 0 Å². The largest absolute Gasteiger partial charge is 0.480 e. The van der Waals surface area contributed by atoms with E-state index in [9.17, 15) is 34.5 Å². The van der Waals surface area contributed by atoms with Crippen LogP contribution in [0.25, 0.3) is 0 Å². The molecule has 0 radical (unpaired) electrons. The van der Waals surface area contributed by atoms with Crippen LogP contribution in [0, 0.1) is 0 Å². The molecule has 0 saturated carbocycles. The zero-order valence-electron chi connectivity index (χ0n) is 19.1. The van der Waals surface area contributed by atoms with Crippen LogP contribution in [0.1, 0.15) is 32.6 Å². The fourth-order valence-corrected chi connectivity index (χ4v) is 3.86. The highest BCUT2D eigenvalue weighted by molar-refractivity contribution is 5.80. The van der Waals surface area contributed by atoms with Crippen molar-refractivity contribution in [2.45, 2.75) is 32.6 Å². The monoisotopic (exact) mass is 458 g/mol. The minimum Gasteiger partial charge on any atom is -0.480 e. The van der Waals surface area contributed by atoms with Crippen molar-refractivity contribution in [3.63, 3.8) is 0 Å². The van der Waals surface area contributed by atoms with Gasteiger partial charge in [-0.25, -0.2) is 0 Å². The molecule has 184 valence electrons. The summed E-state index contributed by atoms with van der Waals surface area (Å²) in [4.78, 5) is 53.3. The van der Waals surface area contributed by atoms with E-state index in [0.717, 1.165) is 6.42 Å². The van der Waals surface area contributed by atoms with Gasteiger partial charge < -0.3 is 15.3 Å². The first kappa shape index (κ1) is 28.0. The molecule has 1 saturated heterocycles. The smallest absolute Gasteiger partial charge is 0.317 e. The molecule has 0 aromatic carbocycles. The maximum atomic E-state index is 12.2. The molecular formula is C21H38N4O7. The Morgan fingerprint density at radius 1 is 0.562 bits per heavy atom. The molecule has 1 fully saturated rings. The quantitative estimate of drug-likeness (QED) is 0.394. The van der Waals surface area contributed by atoms with E-state index in [1.807, 2.05) is 16.7 Å². The molecule has 0 aliphatic carbocycles. The summed E-state index contributed by atoms with van der Waals surface area (Å²) < 4.78 is 0. The van der Waals surface area contributed by atoms with Crippen LogP contribution in [0.15, 0.2) is 0 Å². The molecule has 0 atom stereocenters. The van der Waals surface area contributed by atoms with Crippen LogP contribution in [-0.2, 0) is 19.2 Å². The minimum absolute atomic E-state index is 0.109. The molecule has 32 heavy (non-hydrogen) atoms. The number of Topliss-reactive ketones (excluding diaryl/α,β-unsaturated/α-hetero) is 1. The standard InChI is InChI=1S/C21H38N4O7/c1-2-5-18(26)14-22-6-3-7-24(16-20(29)30)12-13-25(17-21(31)32)9-4-8-23(11-10-22)15-19(27)28/h2-17H2,1H3,(H,27,28)(H,29,30)(H,31,32). The summed E-state index contributed by atoms with van der Waals surface area (Å²) in [5.74, 6) is -2.67. The van der Waals surface area contributed by atoms with Crippen molar-refractivity contribution in [1.29, 1.82) is 0 Å². The number of carbonyl (C=O) groups excluding carboxylic acids is 1. The zero-order chi connectivity index (χ0) is 23.9. The summed E-state index contributed by atoms with van der Waals surface area (Å²) in [6.45, 7) is 5.84. The molecule has 1 aliphatic heterocycles. The van der Waals surface area contributed by atoms with Gasteiger partial charge in [0.05, 0.1) is 26.2 Å². The Morgan fingerprint density at radius 2 is 0.875 bits per heavy atom. The van der Waals surface area contributed by atoms with Crippen LogP contribution < -0.4 is 0 Å². The highest BCUT2D eigenvalue weighted by atomic mass is 16.4. The molecule has 0 aromatic heterocycles. The van der Waals surface area contributed by atoms with Gasteiger partial charge in [0.1, 0.15) is 5.78 Å². The molecule has 0 aromatic rings. The van der Waals surface area contributed by atoms with Crippen molar-refractivity contribution in [2.24, 2.45) is 0 Å². The van der Waals surface area contributed by atoms with Crippen LogP contribution in [0.2, 0.25) is 0 Å². The Balaban J connectivity index is 2.90. The average molecular weight is 459 g/mol. The third-order valence-corrected chi connectivity index (χ3v) is 5.37. The fourth-order valence-electron chi connectivity index (χ4n) is 3.86. The predicted octanol–water partition coefficient (Wildman–Crippen LogP) is -0.389. The second-order valence-electron chi connectivity index (χ2n) is 8.28. The van der Waals surface area contributed by atoms with Crippen molar-refractivity contribution in [3.05, 3.63) is 0 Å². The number of nitrogens with zero attached hydrogens (tertiary/aromatic N) is 4. The third-order valence-electron chi connectivity index (χ3n) is 5.37. The number of carboxylic acid groups (broad SMARTS) is 3. The van der Waals surface area contributed by atoms with Gasteiger partial charge in [0.15, 0.2) is 0 Å². The van der Waals surface area contributed by atoms with E-state index >= 15 is 0 Å². The second kappa shape index (κ2) is 15.7.